The van der Waals surface area contributed by atoms with E-state index in [2.05, 4.69) is 0 Å². The normalized spacial score (nSPS) is 17.6. The second-order valence-electron chi connectivity index (χ2n) is 5.92. The van der Waals surface area contributed by atoms with Gasteiger partial charge in [0, 0.05) is 32.6 Å². The third-order valence-corrected chi connectivity index (χ3v) is 4.28. The maximum Gasteiger partial charge on any atom is 0.242 e. The number of amides is 2. The zero-order valence-corrected chi connectivity index (χ0v) is 13.1. The van der Waals surface area contributed by atoms with Crippen LogP contribution >= 0.6 is 0 Å². The lowest BCUT2D eigenvalue weighted by Gasteiger charge is -2.32. The highest BCUT2D eigenvalue weighted by atomic mass is 16.2. The van der Waals surface area contributed by atoms with Crippen LogP contribution in [0.4, 0.5) is 0 Å². The maximum atomic E-state index is 12.2. The molecule has 5 nitrogen and oxygen atoms in total. The Hall–Kier alpha value is -1.10. The van der Waals surface area contributed by atoms with Crippen molar-refractivity contribution in [3.05, 3.63) is 0 Å². The molecule has 0 aliphatic heterocycles. The largest absolute Gasteiger partial charge is 0.341 e. The van der Waals surface area contributed by atoms with Gasteiger partial charge in [-0.05, 0) is 19.3 Å². The third kappa shape index (κ3) is 5.12. The minimum atomic E-state index is -0.115. The molecule has 1 saturated carbocycles. The number of nitrogens with two attached hydrogens (primary N) is 1. The lowest BCUT2D eigenvalue weighted by atomic mass is 9.94. The molecule has 0 bridgehead atoms. The van der Waals surface area contributed by atoms with Gasteiger partial charge in [0.05, 0.1) is 6.54 Å². The van der Waals surface area contributed by atoms with E-state index in [4.69, 9.17) is 5.73 Å². The van der Waals surface area contributed by atoms with E-state index in [9.17, 15) is 9.59 Å². The quantitative estimate of drug-likeness (QED) is 0.800. The molecule has 20 heavy (non-hydrogen) atoms. The summed E-state index contributed by atoms with van der Waals surface area (Å²) in [5.41, 5.74) is 5.78. The molecule has 2 amide bonds. The Morgan fingerprint density at radius 3 is 2.30 bits per heavy atom. The second kappa shape index (κ2) is 8.25. The van der Waals surface area contributed by atoms with Crippen LogP contribution in [0.3, 0.4) is 0 Å². The van der Waals surface area contributed by atoms with Crippen molar-refractivity contribution < 1.29 is 9.59 Å². The highest BCUT2D eigenvalue weighted by molar-refractivity contribution is 5.84. The molecule has 0 spiro atoms. The van der Waals surface area contributed by atoms with Crippen LogP contribution in [0.2, 0.25) is 0 Å². The molecule has 116 valence electrons. The molecule has 0 aromatic carbocycles. The van der Waals surface area contributed by atoms with Gasteiger partial charge in [-0.15, -0.1) is 0 Å². The first-order chi connectivity index (χ1) is 9.45. The van der Waals surface area contributed by atoms with Crippen LogP contribution in [0.5, 0.6) is 0 Å². The van der Waals surface area contributed by atoms with Gasteiger partial charge in [0.1, 0.15) is 0 Å². The fourth-order valence-electron chi connectivity index (χ4n) is 2.60. The van der Waals surface area contributed by atoms with Gasteiger partial charge < -0.3 is 15.5 Å². The number of nitrogens with zero attached hydrogens (tertiary/aromatic N) is 2. The standard InChI is InChI=1S/C15H29N3O2/c1-4-12(16)10-14(19)17(2)11-15(20)18(3)13-8-6-5-7-9-13/h12-13H,4-11,16H2,1-3H3. The van der Waals surface area contributed by atoms with Crippen molar-refractivity contribution in [3.8, 4) is 0 Å². The lowest BCUT2D eigenvalue weighted by Crippen LogP contribution is -2.45. The number of hydrogen-bond acceptors (Lipinski definition) is 3. The Bertz CT molecular complexity index is 327. The van der Waals surface area contributed by atoms with Crippen molar-refractivity contribution >= 4 is 11.8 Å². The van der Waals surface area contributed by atoms with E-state index in [1.807, 2.05) is 18.9 Å². The van der Waals surface area contributed by atoms with Crippen LogP contribution in [0.15, 0.2) is 0 Å². The van der Waals surface area contributed by atoms with Crippen LogP contribution in [0.1, 0.15) is 51.9 Å². The van der Waals surface area contributed by atoms with Crippen LogP contribution in [-0.2, 0) is 9.59 Å². The minimum Gasteiger partial charge on any atom is -0.341 e. The van der Waals surface area contributed by atoms with E-state index < -0.39 is 0 Å². The molecule has 1 aliphatic carbocycles. The molecule has 0 saturated heterocycles. The predicted octanol–water partition coefficient (Wildman–Crippen LogP) is 1.36. The summed E-state index contributed by atoms with van der Waals surface area (Å²) in [7, 11) is 3.53. The zero-order valence-electron chi connectivity index (χ0n) is 13.1. The topological polar surface area (TPSA) is 66.6 Å². The van der Waals surface area contributed by atoms with Gasteiger partial charge >= 0.3 is 0 Å². The number of likely N-dealkylation sites (N-methyl/N-ethyl adjacent to an activating group) is 2. The van der Waals surface area contributed by atoms with Gasteiger partial charge in [-0.1, -0.05) is 26.2 Å². The molecular weight excluding hydrogens is 254 g/mol. The Morgan fingerprint density at radius 1 is 1.15 bits per heavy atom. The molecule has 1 unspecified atom stereocenters. The van der Waals surface area contributed by atoms with Crippen molar-refractivity contribution in [1.29, 1.82) is 0 Å². The molecule has 1 rings (SSSR count). The molecule has 0 radical (unpaired) electrons. The number of hydrogen-bond donors (Lipinski definition) is 1. The summed E-state index contributed by atoms with van der Waals surface area (Å²) < 4.78 is 0. The van der Waals surface area contributed by atoms with Gasteiger partial charge in [-0.3, -0.25) is 9.59 Å². The highest BCUT2D eigenvalue weighted by Crippen LogP contribution is 2.21. The van der Waals surface area contributed by atoms with Crippen molar-refractivity contribution in [1.82, 2.24) is 9.80 Å². The minimum absolute atomic E-state index is 0.0258. The third-order valence-electron chi connectivity index (χ3n) is 4.28. The number of carbonyl (C=O) groups is 2. The van der Waals surface area contributed by atoms with E-state index in [1.54, 1.807) is 7.05 Å². The van der Waals surface area contributed by atoms with Gasteiger partial charge in [0.25, 0.3) is 0 Å². The molecule has 1 atom stereocenters. The second-order valence-corrected chi connectivity index (χ2v) is 5.92. The molecule has 0 heterocycles. The van der Waals surface area contributed by atoms with Gasteiger partial charge in [0.2, 0.25) is 11.8 Å². The van der Waals surface area contributed by atoms with Crippen LogP contribution in [0, 0.1) is 0 Å². The van der Waals surface area contributed by atoms with Crippen molar-refractivity contribution in [2.75, 3.05) is 20.6 Å². The van der Waals surface area contributed by atoms with E-state index in [-0.39, 0.29) is 24.4 Å². The summed E-state index contributed by atoms with van der Waals surface area (Å²) in [5, 5.41) is 0. The van der Waals surface area contributed by atoms with Gasteiger partial charge in [-0.25, -0.2) is 0 Å². The lowest BCUT2D eigenvalue weighted by molar-refractivity contribution is -0.140. The average molecular weight is 283 g/mol. The zero-order chi connectivity index (χ0) is 15.1. The van der Waals surface area contributed by atoms with E-state index in [0.717, 1.165) is 19.3 Å². The molecule has 5 heteroatoms. The molecular formula is C15H29N3O2. The monoisotopic (exact) mass is 283 g/mol. The summed E-state index contributed by atoms with van der Waals surface area (Å²) in [5.74, 6) is -0.0254. The average Bonchev–Trinajstić information content (AvgIpc) is 2.46. The predicted molar refractivity (Wildman–Crippen MR) is 80.2 cm³/mol. The van der Waals surface area contributed by atoms with Gasteiger partial charge in [0.15, 0.2) is 0 Å². The van der Waals surface area contributed by atoms with Crippen molar-refractivity contribution in [2.45, 2.75) is 64.0 Å². The smallest absolute Gasteiger partial charge is 0.242 e. The summed E-state index contributed by atoms with van der Waals surface area (Å²) in [6.07, 6.45) is 6.92. The summed E-state index contributed by atoms with van der Waals surface area (Å²) >= 11 is 0. The van der Waals surface area contributed by atoms with Crippen LogP contribution in [0.25, 0.3) is 0 Å². The Morgan fingerprint density at radius 2 is 1.75 bits per heavy atom. The molecule has 1 aliphatic rings. The van der Waals surface area contributed by atoms with Crippen molar-refractivity contribution in [3.63, 3.8) is 0 Å². The van der Waals surface area contributed by atoms with E-state index in [1.165, 1.54) is 24.2 Å². The first kappa shape index (κ1) is 17.0. The van der Waals surface area contributed by atoms with Crippen LogP contribution < -0.4 is 5.73 Å². The summed E-state index contributed by atoms with van der Waals surface area (Å²) in [6.45, 7) is 2.11. The molecule has 2 N–H and O–H groups in total. The first-order valence-corrected chi connectivity index (χ1v) is 7.70. The summed E-state index contributed by atoms with van der Waals surface area (Å²) in [6, 6.07) is 0.230. The van der Waals surface area contributed by atoms with Gasteiger partial charge in [-0.2, -0.15) is 0 Å². The van der Waals surface area contributed by atoms with E-state index in [0.29, 0.717) is 12.5 Å². The number of rotatable bonds is 6. The van der Waals surface area contributed by atoms with Crippen LogP contribution in [-0.4, -0.2) is 54.3 Å². The molecule has 0 aromatic rings. The Kier molecular flexibility index (Phi) is 6.99. The Balaban J connectivity index is 2.41. The SMILES string of the molecule is CCC(N)CC(=O)N(C)CC(=O)N(C)C1CCCCC1. The Labute approximate surface area is 122 Å². The molecule has 0 aromatic heterocycles. The molecule has 1 fully saturated rings. The first-order valence-electron chi connectivity index (χ1n) is 7.70. The maximum absolute atomic E-state index is 12.2. The van der Waals surface area contributed by atoms with Crippen molar-refractivity contribution in [2.24, 2.45) is 5.73 Å². The summed E-state index contributed by atoms with van der Waals surface area (Å²) in [4.78, 5) is 27.5. The highest BCUT2D eigenvalue weighted by Gasteiger charge is 2.24. The fourth-order valence-corrected chi connectivity index (χ4v) is 2.60. The van der Waals surface area contributed by atoms with E-state index >= 15 is 0 Å². The fraction of sp³-hybridized carbons (Fsp3) is 0.867. The number of carbonyl (C=O) groups excluding carboxylic acids is 2.